The molecule has 0 bridgehead atoms. The van der Waals surface area contributed by atoms with Gasteiger partial charge in [0.1, 0.15) is 0 Å². The van der Waals surface area contributed by atoms with Crippen molar-refractivity contribution in [2.24, 2.45) is 0 Å². The molecule has 4 nitrogen and oxygen atoms in total. The van der Waals surface area contributed by atoms with Gasteiger partial charge in [0, 0.05) is 23.5 Å². The Morgan fingerprint density at radius 1 is 1.67 bits per heavy atom. The van der Waals surface area contributed by atoms with E-state index >= 15 is 0 Å². The highest BCUT2D eigenvalue weighted by atomic mass is 16.4. The minimum Gasteiger partial charge on any atom is -0.478 e. The van der Waals surface area contributed by atoms with Crippen LogP contribution in [-0.4, -0.2) is 27.8 Å². The average molecular weight is 167 g/mol. The van der Waals surface area contributed by atoms with E-state index in [4.69, 9.17) is 10.2 Å². The third kappa shape index (κ3) is 1.96. The Morgan fingerprint density at radius 3 is 2.83 bits per heavy atom. The third-order valence-electron chi connectivity index (χ3n) is 1.41. The van der Waals surface area contributed by atoms with Gasteiger partial charge in [-0.25, -0.2) is 4.79 Å². The van der Waals surface area contributed by atoms with Crippen LogP contribution in [0.4, 0.5) is 0 Å². The summed E-state index contributed by atoms with van der Waals surface area (Å²) in [5.74, 6) is -1.06. The van der Waals surface area contributed by atoms with Crippen molar-refractivity contribution < 1.29 is 15.0 Å². The van der Waals surface area contributed by atoms with Crippen molar-refractivity contribution in [1.29, 1.82) is 0 Å². The number of rotatable bonds is 3. The maximum Gasteiger partial charge on any atom is 0.328 e. The first-order valence-electron chi connectivity index (χ1n) is 3.42. The molecule has 4 heteroatoms. The van der Waals surface area contributed by atoms with Crippen LogP contribution in [0, 0.1) is 0 Å². The fraction of sp³-hybridized carbons (Fsp3) is 0.125. The predicted molar refractivity (Wildman–Crippen MR) is 43.5 cm³/mol. The molecule has 1 rings (SSSR count). The van der Waals surface area contributed by atoms with Crippen molar-refractivity contribution in [1.82, 2.24) is 4.98 Å². The van der Waals surface area contributed by atoms with Gasteiger partial charge in [0.25, 0.3) is 0 Å². The molecule has 0 aliphatic heterocycles. The number of carbonyl (C=O) groups is 1. The summed E-state index contributed by atoms with van der Waals surface area (Å²) < 4.78 is 0. The van der Waals surface area contributed by atoms with Crippen molar-refractivity contribution in [3.8, 4) is 0 Å². The molecule has 3 N–H and O–H groups in total. The zero-order chi connectivity index (χ0) is 8.97. The minimum absolute atomic E-state index is 0.285. The molecule has 0 aliphatic rings. The molecule has 0 radical (unpaired) electrons. The summed E-state index contributed by atoms with van der Waals surface area (Å²) in [6, 6.07) is 3.44. The molecule has 12 heavy (non-hydrogen) atoms. The van der Waals surface area contributed by atoms with Crippen LogP contribution in [0.3, 0.4) is 0 Å². The van der Waals surface area contributed by atoms with E-state index in [1.807, 2.05) is 0 Å². The number of H-pyrrole nitrogens is 1. The van der Waals surface area contributed by atoms with Gasteiger partial charge < -0.3 is 15.2 Å². The molecular weight excluding hydrogens is 158 g/mol. The lowest BCUT2D eigenvalue weighted by Gasteiger charge is -1.97. The zero-order valence-corrected chi connectivity index (χ0v) is 6.32. The summed E-state index contributed by atoms with van der Waals surface area (Å²) in [7, 11) is 0. The smallest absolute Gasteiger partial charge is 0.328 e. The summed E-state index contributed by atoms with van der Waals surface area (Å²) in [6.07, 6.45) is 2.65. The van der Waals surface area contributed by atoms with Crippen LogP contribution < -0.4 is 0 Å². The fourth-order valence-electron chi connectivity index (χ4n) is 0.888. The van der Waals surface area contributed by atoms with Gasteiger partial charge in [-0.3, -0.25) is 0 Å². The summed E-state index contributed by atoms with van der Waals surface area (Å²) in [6.45, 7) is -0.285. The van der Waals surface area contributed by atoms with Crippen LogP contribution in [0.1, 0.15) is 5.69 Å². The summed E-state index contributed by atoms with van der Waals surface area (Å²) >= 11 is 0. The molecule has 1 aromatic rings. The van der Waals surface area contributed by atoms with E-state index in [1.165, 1.54) is 0 Å². The number of nitrogens with one attached hydrogen (secondary N) is 1. The second kappa shape index (κ2) is 3.73. The number of carboxylic acid groups (broad SMARTS) is 1. The minimum atomic E-state index is -1.06. The molecule has 0 aliphatic carbocycles. The number of hydrogen-bond acceptors (Lipinski definition) is 2. The Kier molecular flexibility index (Phi) is 2.66. The number of aliphatic hydroxyl groups is 1. The highest BCUT2D eigenvalue weighted by Crippen LogP contribution is 2.09. The maximum atomic E-state index is 10.3. The number of carboxylic acids is 1. The van der Waals surface area contributed by atoms with E-state index in [0.29, 0.717) is 11.3 Å². The largest absolute Gasteiger partial charge is 0.478 e. The molecule has 0 aromatic carbocycles. The quantitative estimate of drug-likeness (QED) is 0.573. The second-order valence-corrected chi connectivity index (χ2v) is 2.25. The van der Waals surface area contributed by atoms with Crippen LogP contribution in [-0.2, 0) is 4.79 Å². The van der Waals surface area contributed by atoms with Crippen molar-refractivity contribution in [2.45, 2.75) is 0 Å². The van der Waals surface area contributed by atoms with Crippen LogP contribution in [0.2, 0.25) is 0 Å². The zero-order valence-electron chi connectivity index (χ0n) is 6.32. The van der Waals surface area contributed by atoms with Crippen LogP contribution >= 0.6 is 0 Å². The van der Waals surface area contributed by atoms with Gasteiger partial charge in [0.15, 0.2) is 0 Å². The molecule has 1 heterocycles. The summed E-state index contributed by atoms with van der Waals surface area (Å²) in [4.78, 5) is 13.1. The first kappa shape index (κ1) is 8.55. The van der Waals surface area contributed by atoms with Crippen molar-refractivity contribution >= 4 is 11.5 Å². The van der Waals surface area contributed by atoms with E-state index < -0.39 is 5.97 Å². The Balaban J connectivity index is 2.91. The maximum absolute atomic E-state index is 10.3. The first-order valence-corrected chi connectivity index (χ1v) is 3.42. The third-order valence-corrected chi connectivity index (χ3v) is 1.41. The molecule has 0 saturated heterocycles. The van der Waals surface area contributed by atoms with Gasteiger partial charge in [-0.2, -0.15) is 0 Å². The molecule has 0 atom stereocenters. The standard InChI is InChI=1S/C8H9NO3/c10-5-6(4-8(11)12)7-2-1-3-9-7/h1-4,9-10H,5H2,(H,11,12)/b6-4+. The summed E-state index contributed by atoms with van der Waals surface area (Å²) in [5, 5.41) is 17.2. The Morgan fingerprint density at radius 2 is 2.42 bits per heavy atom. The van der Waals surface area contributed by atoms with Gasteiger partial charge in [-0.15, -0.1) is 0 Å². The lowest BCUT2D eigenvalue weighted by molar-refractivity contribution is -0.131. The van der Waals surface area contributed by atoms with Gasteiger partial charge in [0.2, 0.25) is 0 Å². The van der Waals surface area contributed by atoms with Crippen LogP contribution in [0.5, 0.6) is 0 Å². The van der Waals surface area contributed by atoms with E-state index in [0.717, 1.165) is 6.08 Å². The number of aromatic nitrogens is 1. The van der Waals surface area contributed by atoms with Gasteiger partial charge in [-0.05, 0) is 12.1 Å². The highest BCUT2D eigenvalue weighted by Gasteiger charge is 2.02. The van der Waals surface area contributed by atoms with E-state index in [-0.39, 0.29) is 6.61 Å². The highest BCUT2D eigenvalue weighted by molar-refractivity contribution is 5.89. The number of aliphatic hydroxyl groups excluding tert-OH is 1. The van der Waals surface area contributed by atoms with E-state index in [2.05, 4.69) is 4.98 Å². The normalized spacial score (nSPS) is 11.6. The second-order valence-electron chi connectivity index (χ2n) is 2.25. The van der Waals surface area contributed by atoms with Crippen molar-refractivity contribution in [3.05, 3.63) is 30.1 Å². The Bertz CT molecular complexity index is 287. The SMILES string of the molecule is O=C(O)/C=C(\CO)c1ccc[nH]1. The lowest BCUT2D eigenvalue weighted by Crippen LogP contribution is -1.96. The lowest BCUT2D eigenvalue weighted by atomic mass is 10.2. The van der Waals surface area contributed by atoms with Crippen LogP contribution in [0.25, 0.3) is 5.57 Å². The number of aromatic amines is 1. The van der Waals surface area contributed by atoms with E-state index in [9.17, 15) is 4.79 Å². The molecule has 0 saturated carbocycles. The van der Waals surface area contributed by atoms with Gasteiger partial charge >= 0.3 is 5.97 Å². The van der Waals surface area contributed by atoms with Crippen LogP contribution in [0.15, 0.2) is 24.4 Å². The topological polar surface area (TPSA) is 73.3 Å². The Hall–Kier alpha value is -1.55. The summed E-state index contributed by atoms with van der Waals surface area (Å²) in [5.41, 5.74) is 0.993. The Labute approximate surface area is 69.2 Å². The molecule has 0 amide bonds. The molecule has 0 fully saturated rings. The fourth-order valence-corrected chi connectivity index (χ4v) is 0.888. The monoisotopic (exact) mass is 167 g/mol. The average Bonchev–Trinajstić information content (AvgIpc) is 2.51. The number of aliphatic carboxylic acids is 1. The molecule has 0 unspecified atom stereocenters. The van der Waals surface area contributed by atoms with Gasteiger partial charge in [0.05, 0.1) is 6.61 Å². The van der Waals surface area contributed by atoms with Crippen molar-refractivity contribution in [3.63, 3.8) is 0 Å². The molecular formula is C8H9NO3. The van der Waals surface area contributed by atoms with Gasteiger partial charge in [-0.1, -0.05) is 0 Å². The van der Waals surface area contributed by atoms with Crippen molar-refractivity contribution in [2.75, 3.05) is 6.61 Å². The predicted octanol–water partition coefficient (Wildman–Crippen LogP) is 0.475. The molecule has 0 spiro atoms. The molecule has 1 aromatic heterocycles. The number of hydrogen-bond donors (Lipinski definition) is 3. The first-order chi connectivity index (χ1) is 5.74. The molecule has 64 valence electrons. The van der Waals surface area contributed by atoms with E-state index in [1.54, 1.807) is 18.3 Å².